The van der Waals surface area contributed by atoms with Gasteiger partial charge in [-0.2, -0.15) is 0 Å². The van der Waals surface area contributed by atoms with E-state index in [-0.39, 0.29) is 17.9 Å². The summed E-state index contributed by atoms with van der Waals surface area (Å²) in [6, 6.07) is 7.89. The molecule has 2 amide bonds. The lowest BCUT2D eigenvalue weighted by atomic mass is 10.1. The summed E-state index contributed by atoms with van der Waals surface area (Å²) in [4.78, 5) is 29.3. The molecule has 3 aliphatic heterocycles. The minimum absolute atomic E-state index is 0.00914. The number of aromatic nitrogens is 1. The van der Waals surface area contributed by atoms with Crippen molar-refractivity contribution < 1.29 is 14.3 Å². The Hall–Kier alpha value is -2.34. The van der Waals surface area contributed by atoms with Crippen LogP contribution in [0, 0.1) is 6.92 Å². The van der Waals surface area contributed by atoms with Crippen molar-refractivity contribution in [2.24, 2.45) is 7.05 Å². The fourth-order valence-electron chi connectivity index (χ4n) is 5.01. The monoisotopic (exact) mass is 339 g/mol. The number of aryl methyl sites for hydroxylation is 2. The van der Waals surface area contributed by atoms with Gasteiger partial charge in [-0.25, -0.2) is 0 Å². The van der Waals surface area contributed by atoms with Crippen molar-refractivity contribution >= 4 is 22.7 Å². The van der Waals surface area contributed by atoms with Gasteiger partial charge in [-0.1, -0.05) is 18.2 Å². The third-order valence-electron chi connectivity index (χ3n) is 6.14. The van der Waals surface area contributed by atoms with Crippen molar-refractivity contribution in [3.05, 3.63) is 35.5 Å². The van der Waals surface area contributed by atoms with E-state index in [9.17, 15) is 9.59 Å². The summed E-state index contributed by atoms with van der Waals surface area (Å²) in [5.74, 6) is 0.0954. The van der Waals surface area contributed by atoms with Gasteiger partial charge in [0.05, 0.1) is 24.6 Å². The van der Waals surface area contributed by atoms with Crippen molar-refractivity contribution in [2.45, 2.75) is 31.5 Å². The molecule has 1 spiro atoms. The number of benzene rings is 1. The summed E-state index contributed by atoms with van der Waals surface area (Å²) >= 11 is 0. The van der Waals surface area contributed by atoms with Crippen LogP contribution in [0.1, 0.15) is 28.9 Å². The number of hydrogen-bond donors (Lipinski definition) is 0. The highest BCUT2D eigenvalue weighted by atomic mass is 16.5. The Balaban J connectivity index is 1.55. The second kappa shape index (κ2) is 4.85. The zero-order valence-electron chi connectivity index (χ0n) is 14.5. The topological polar surface area (TPSA) is 54.8 Å². The number of carbonyl (C=O) groups excluding carboxylic acids is 2. The highest BCUT2D eigenvalue weighted by Gasteiger charge is 2.63. The molecule has 1 aromatic heterocycles. The van der Waals surface area contributed by atoms with Crippen molar-refractivity contribution in [3.63, 3.8) is 0 Å². The first-order valence-corrected chi connectivity index (χ1v) is 8.83. The molecule has 4 heterocycles. The van der Waals surface area contributed by atoms with Crippen molar-refractivity contribution in [3.8, 4) is 0 Å². The molecule has 0 bridgehead atoms. The van der Waals surface area contributed by atoms with Gasteiger partial charge in [-0.15, -0.1) is 0 Å². The molecule has 6 nitrogen and oxygen atoms in total. The SMILES string of the molecule is Cc1cccc2cc(C(=O)N3CC[C@@]45OCCN4C(=O)C[C@@H]35)n(C)c12. The van der Waals surface area contributed by atoms with Gasteiger partial charge in [0.15, 0.2) is 5.72 Å². The van der Waals surface area contributed by atoms with E-state index in [0.29, 0.717) is 38.2 Å². The van der Waals surface area contributed by atoms with E-state index in [2.05, 4.69) is 13.0 Å². The van der Waals surface area contributed by atoms with Crippen LogP contribution in [0.3, 0.4) is 0 Å². The molecule has 1 aromatic carbocycles. The minimum atomic E-state index is -0.576. The Bertz CT molecular complexity index is 918. The van der Waals surface area contributed by atoms with Crippen LogP contribution in [0.25, 0.3) is 10.9 Å². The summed E-state index contributed by atoms with van der Waals surface area (Å²) in [5.41, 5.74) is 2.33. The zero-order valence-corrected chi connectivity index (χ0v) is 14.5. The summed E-state index contributed by atoms with van der Waals surface area (Å²) < 4.78 is 7.96. The normalized spacial score (nSPS) is 28.1. The van der Waals surface area contributed by atoms with Crippen LogP contribution in [-0.2, 0) is 16.6 Å². The molecule has 0 N–H and O–H groups in total. The molecule has 3 saturated heterocycles. The second-order valence-corrected chi connectivity index (χ2v) is 7.31. The van der Waals surface area contributed by atoms with E-state index in [1.165, 1.54) is 0 Å². The lowest BCUT2D eigenvalue weighted by Gasteiger charge is -2.31. The van der Waals surface area contributed by atoms with Gasteiger partial charge in [0.2, 0.25) is 5.91 Å². The lowest BCUT2D eigenvalue weighted by Crippen LogP contribution is -2.49. The molecular weight excluding hydrogens is 318 g/mol. The van der Waals surface area contributed by atoms with Gasteiger partial charge >= 0.3 is 0 Å². The highest BCUT2D eigenvalue weighted by molar-refractivity contribution is 6.00. The predicted molar refractivity (Wildman–Crippen MR) is 92.1 cm³/mol. The molecular formula is C19H21N3O3. The highest BCUT2D eigenvalue weighted by Crippen LogP contribution is 2.46. The Morgan fingerprint density at radius 3 is 2.96 bits per heavy atom. The second-order valence-electron chi connectivity index (χ2n) is 7.31. The van der Waals surface area contributed by atoms with Crippen molar-refractivity contribution in [2.75, 3.05) is 19.7 Å². The largest absolute Gasteiger partial charge is 0.351 e. The van der Waals surface area contributed by atoms with E-state index in [0.717, 1.165) is 16.5 Å². The van der Waals surface area contributed by atoms with Crippen LogP contribution in [0.15, 0.2) is 24.3 Å². The van der Waals surface area contributed by atoms with E-state index in [1.807, 2.05) is 39.6 Å². The van der Waals surface area contributed by atoms with Gasteiger partial charge < -0.3 is 19.1 Å². The number of carbonyl (C=O) groups is 2. The van der Waals surface area contributed by atoms with E-state index in [4.69, 9.17) is 4.74 Å². The fourth-order valence-corrected chi connectivity index (χ4v) is 5.01. The van der Waals surface area contributed by atoms with Crippen LogP contribution in [0.5, 0.6) is 0 Å². The Kier molecular flexibility index (Phi) is 2.90. The maximum Gasteiger partial charge on any atom is 0.270 e. The number of likely N-dealkylation sites (tertiary alicyclic amines) is 1. The van der Waals surface area contributed by atoms with Crippen LogP contribution < -0.4 is 0 Å². The van der Waals surface area contributed by atoms with E-state index in [1.54, 1.807) is 0 Å². The molecule has 0 aliphatic carbocycles. The maximum absolute atomic E-state index is 13.3. The first-order valence-electron chi connectivity index (χ1n) is 8.83. The number of fused-ring (bicyclic) bond motifs is 1. The molecule has 0 saturated carbocycles. The summed E-state index contributed by atoms with van der Waals surface area (Å²) in [7, 11) is 1.94. The molecule has 3 aliphatic rings. The predicted octanol–water partition coefficient (Wildman–Crippen LogP) is 1.66. The number of rotatable bonds is 1. The van der Waals surface area contributed by atoms with Gasteiger partial charge in [-0.3, -0.25) is 9.59 Å². The number of nitrogens with zero attached hydrogens (tertiary/aromatic N) is 3. The van der Waals surface area contributed by atoms with Gasteiger partial charge in [0, 0.05) is 31.9 Å². The average Bonchev–Trinajstić information content (AvgIpc) is 3.29. The summed E-state index contributed by atoms with van der Waals surface area (Å²) in [6.45, 7) is 3.90. The lowest BCUT2D eigenvalue weighted by molar-refractivity contribution is -0.136. The van der Waals surface area contributed by atoms with Crippen LogP contribution in [0.4, 0.5) is 0 Å². The van der Waals surface area contributed by atoms with Gasteiger partial charge in [0.1, 0.15) is 5.69 Å². The standard InChI is InChI=1S/C19H21N3O3/c1-12-4-3-5-13-10-14(20(2)17(12)13)18(24)21-7-6-19-15(21)11-16(23)22(19)8-9-25-19/h3-5,10,15H,6-9,11H2,1-2H3/t15-,19+/m1/s1. The summed E-state index contributed by atoms with van der Waals surface area (Å²) in [6.07, 6.45) is 1.08. The Labute approximate surface area is 145 Å². The fraction of sp³-hybridized carbons (Fsp3) is 0.474. The molecule has 0 radical (unpaired) electrons. The van der Waals surface area contributed by atoms with Crippen molar-refractivity contribution in [1.82, 2.24) is 14.4 Å². The average molecular weight is 339 g/mol. The quantitative estimate of drug-likeness (QED) is 0.794. The van der Waals surface area contributed by atoms with Crippen molar-refractivity contribution in [1.29, 1.82) is 0 Å². The first kappa shape index (κ1) is 15.0. The smallest absolute Gasteiger partial charge is 0.270 e. The molecule has 2 aromatic rings. The first-order chi connectivity index (χ1) is 12.0. The minimum Gasteiger partial charge on any atom is -0.351 e. The molecule has 6 heteroatoms. The maximum atomic E-state index is 13.3. The molecule has 2 atom stereocenters. The Morgan fingerprint density at radius 2 is 2.16 bits per heavy atom. The molecule has 130 valence electrons. The van der Waals surface area contributed by atoms with Gasteiger partial charge in [0.25, 0.3) is 5.91 Å². The van der Waals surface area contributed by atoms with E-state index < -0.39 is 5.72 Å². The third-order valence-corrected chi connectivity index (χ3v) is 6.14. The number of para-hydroxylation sites is 1. The number of amides is 2. The molecule has 5 rings (SSSR count). The summed E-state index contributed by atoms with van der Waals surface area (Å²) in [5, 5.41) is 1.07. The molecule has 3 fully saturated rings. The number of ether oxygens (including phenoxy) is 1. The van der Waals surface area contributed by atoms with Crippen LogP contribution in [0.2, 0.25) is 0 Å². The van der Waals surface area contributed by atoms with Crippen LogP contribution >= 0.6 is 0 Å². The number of hydrogen-bond acceptors (Lipinski definition) is 3. The molecule has 25 heavy (non-hydrogen) atoms. The van der Waals surface area contributed by atoms with E-state index >= 15 is 0 Å². The Morgan fingerprint density at radius 1 is 1.32 bits per heavy atom. The van der Waals surface area contributed by atoms with Crippen LogP contribution in [-0.4, -0.2) is 57.6 Å². The molecule has 0 unspecified atom stereocenters. The van der Waals surface area contributed by atoms with Gasteiger partial charge in [-0.05, 0) is 18.6 Å². The third kappa shape index (κ3) is 1.78. The zero-order chi connectivity index (χ0) is 17.3.